The maximum absolute atomic E-state index is 11.3. The maximum Gasteiger partial charge on any atom is 0.310 e. The summed E-state index contributed by atoms with van der Waals surface area (Å²) in [5.41, 5.74) is 3.43. The lowest BCUT2D eigenvalue weighted by atomic mass is 10.1. The molecule has 3 N–H and O–H groups in total. The fourth-order valence-electron chi connectivity index (χ4n) is 1.47. The van der Waals surface area contributed by atoms with Crippen LogP contribution in [0, 0.1) is 0 Å². The standard InChI is InChI=1S/C12H16N2O4/c1-3-18-12(16)7-9-4-5-10(13-8(2)15)11(6-9)14-17/h4-6,14,17H,3,7H2,1-2H3,(H,13,15). The minimum Gasteiger partial charge on any atom is -0.466 e. The molecule has 0 aliphatic heterocycles. The number of esters is 1. The van der Waals surface area contributed by atoms with Gasteiger partial charge < -0.3 is 10.1 Å². The van der Waals surface area contributed by atoms with Gasteiger partial charge in [0.1, 0.15) is 0 Å². The van der Waals surface area contributed by atoms with Crippen LogP contribution in [-0.4, -0.2) is 23.7 Å². The number of amides is 1. The summed E-state index contributed by atoms with van der Waals surface area (Å²) >= 11 is 0. The van der Waals surface area contributed by atoms with Crippen molar-refractivity contribution in [3.05, 3.63) is 23.8 Å². The van der Waals surface area contributed by atoms with Crippen LogP contribution in [0.2, 0.25) is 0 Å². The predicted molar refractivity (Wildman–Crippen MR) is 66.5 cm³/mol. The van der Waals surface area contributed by atoms with E-state index in [4.69, 9.17) is 9.94 Å². The second-order valence-corrected chi connectivity index (χ2v) is 3.65. The van der Waals surface area contributed by atoms with Crippen molar-refractivity contribution in [3.8, 4) is 0 Å². The van der Waals surface area contributed by atoms with Crippen molar-refractivity contribution >= 4 is 23.3 Å². The summed E-state index contributed by atoms with van der Waals surface area (Å²) in [7, 11) is 0. The Hall–Kier alpha value is -2.08. The quantitative estimate of drug-likeness (QED) is 0.546. The number of carbonyl (C=O) groups is 2. The van der Waals surface area contributed by atoms with Crippen LogP contribution in [0.4, 0.5) is 11.4 Å². The molecule has 0 aliphatic rings. The van der Waals surface area contributed by atoms with Gasteiger partial charge in [-0.2, -0.15) is 0 Å². The van der Waals surface area contributed by atoms with Gasteiger partial charge in [0.25, 0.3) is 0 Å². The zero-order valence-electron chi connectivity index (χ0n) is 10.3. The summed E-state index contributed by atoms with van der Waals surface area (Å²) in [6.45, 7) is 3.43. The van der Waals surface area contributed by atoms with Crippen molar-refractivity contribution in [2.24, 2.45) is 0 Å². The van der Waals surface area contributed by atoms with Gasteiger partial charge in [0.05, 0.1) is 24.4 Å². The van der Waals surface area contributed by atoms with Gasteiger partial charge in [0, 0.05) is 6.92 Å². The molecule has 0 atom stereocenters. The Bertz CT molecular complexity index is 446. The molecule has 6 nitrogen and oxygen atoms in total. The summed E-state index contributed by atoms with van der Waals surface area (Å²) in [6.07, 6.45) is 0.114. The monoisotopic (exact) mass is 252 g/mol. The molecule has 1 aromatic carbocycles. The summed E-state index contributed by atoms with van der Waals surface area (Å²) in [4.78, 5) is 22.2. The largest absolute Gasteiger partial charge is 0.466 e. The number of benzene rings is 1. The van der Waals surface area contributed by atoms with Crippen LogP contribution in [-0.2, 0) is 20.7 Å². The lowest BCUT2D eigenvalue weighted by Crippen LogP contribution is -2.10. The highest BCUT2D eigenvalue weighted by atomic mass is 16.5. The first-order valence-electron chi connectivity index (χ1n) is 5.53. The zero-order chi connectivity index (χ0) is 13.5. The molecule has 0 saturated carbocycles. The van der Waals surface area contributed by atoms with Gasteiger partial charge in [0.15, 0.2) is 0 Å². The van der Waals surface area contributed by atoms with Crippen molar-refractivity contribution in [1.82, 2.24) is 0 Å². The first-order valence-corrected chi connectivity index (χ1v) is 5.53. The van der Waals surface area contributed by atoms with E-state index >= 15 is 0 Å². The Labute approximate surface area is 105 Å². The topological polar surface area (TPSA) is 87.7 Å². The van der Waals surface area contributed by atoms with Crippen LogP contribution >= 0.6 is 0 Å². The molecule has 0 spiro atoms. The molecule has 0 bridgehead atoms. The lowest BCUT2D eigenvalue weighted by molar-refractivity contribution is -0.142. The Balaban J connectivity index is 2.84. The first-order chi connectivity index (χ1) is 8.56. The first kappa shape index (κ1) is 14.0. The molecule has 0 unspecified atom stereocenters. The van der Waals surface area contributed by atoms with Gasteiger partial charge in [-0.15, -0.1) is 0 Å². The predicted octanol–water partition coefficient (Wildman–Crippen LogP) is 1.55. The van der Waals surface area contributed by atoms with E-state index in [1.807, 2.05) is 5.48 Å². The number of ether oxygens (including phenoxy) is 1. The number of carbonyl (C=O) groups excluding carboxylic acids is 2. The summed E-state index contributed by atoms with van der Waals surface area (Å²) < 4.78 is 4.82. The molecule has 0 fully saturated rings. The normalized spacial score (nSPS) is 9.72. The van der Waals surface area contributed by atoms with Crippen molar-refractivity contribution < 1.29 is 19.5 Å². The van der Waals surface area contributed by atoms with Crippen LogP contribution < -0.4 is 10.8 Å². The van der Waals surface area contributed by atoms with Gasteiger partial charge in [-0.3, -0.25) is 20.3 Å². The van der Waals surface area contributed by atoms with E-state index < -0.39 is 0 Å². The fourth-order valence-corrected chi connectivity index (χ4v) is 1.47. The van der Waals surface area contributed by atoms with E-state index in [0.29, 0.717) is 23.5 Å². The van der Waals surface area contributed by atoms with E-state index in [9.17, 15) is 9.59 Å². The Morgan fingerprint density at radius 2 is 2.06 bits per heavy atom. The molecule has 6 heteroatoms. The molecule has 0 aliphatic carbocycles. The highest BCUT2D eigenvalue weighted by Gasteiger charge is 2.08. The summed E-state index contributed by atoms with van der Waals surface area (Å²) in [5.74, 6) is -0.585. The number of hydrogen-bond donors (Lipinski definition) is 3. The summed E-state index contributed by atoms with van der Waals surface area (Å²) in [5, 5.41) is 11.5. The molecule has 98 valence electrons. The average Bonchev–Trinajstić information content (AvgIpc) is 2.30. The molecule has 1 amide bonds. The van der Waals surface area contributed by atoms with E-state index in [-0.39, 0.29) is 18.3 Å². The second-order valence-electron chi connectivity index (χ2n) is 3.65. The van der Waals surface area contributed by atoms with Gasteiger partial charge in [-0.25, -0.2) is 0 Å². The lowest BCUT2D eigenvalue weighted by Gasteiger charge is -2.10. The molecule has 1 aromatic rings. The highest BCUT2D eigenvalue weighted by molar-refractivity contribution is 5.92. The smallest absolute Gasteiger partial charge is 0.310 e. The van der Waals surface area contributed by atoms with Gasteiger partial charge in [0.2, 0.25) is 5.91 Å². The molecule has 18 heavy (non-hydrogen) atoms. The zero-order valence-corrected chi connectivity index (χ0v) is 10.3. The number of anilines is 2. The molecule has 1 rings (SSSR count). The molecular formula is C12H16N2O4. The van der Waals surface area contributed by atoms with Gasteiger partial charge >= 0.3 is 5.97 Å². The highest BCUT2D eigenvalue weighted by Crippen LogP contribution is 2.23. The molecule has 0 radical (unpaired) electrons. The fraction of sp³-hybridized carbons (Fsp3) is 0.333. The summed E-state index contributed by atoms with van der Waals surface area (Å²) in [6, 6.07) is 4.86. The Morgan fingerprint density at radius 1 is 1.33 bits per heavy atom. The van der Waals surface area contributed by atoms with Gasteiger partial charge in [-0.1, -0.05) is 6.07 Å². The minimum atomic E-state index is -0.339. The molecule has 0 aromatic heterocycles. The molecular weight excluding hydrogens is 236 g/mol. The van der Waals surface area contributed by atoms with Crippen LogP contribution in [0.5, 0.6) is 0 Å². The second kappa shape index (κ2) is 6.61. The third-order valence-corrected chi connectivity index (χ3v) is 2.17. The van der Waals surface area contributed by atoms with Crippen molar-refractivity contribution in [1.29, 1.82) is 0 Å². The van der Waals surface area contributed by atoms with Crippen molar-refractivity contribution in [2.75, 3.05) is 17.4 Å². The van der Waals surface area contributed by atoms with Crippen LogP contribution in [0.15, 0.2) is 18.2 Å². The number of rotatable bonds is 5. The molecule has 0 heterocycles. The van der Waals surface area contributed by atoms with Crippen molar-refractivity contribution in [2.45, 2.75) is 20.3 Å². The Morgan fingerprint density at radius 3 is 2.61 bits per heavy atom. The van der Waals surface area contributed by atoms with Gasteiger partial charge in [-0.05, 0) is 24.6 Å². The maximum atomic E-state index is 11.3. The number of hydrogen-bond acceptors (Lipinski definition) is 5. The van der Waals surface area contributed by atoms with Crippen molar-refractivity contribution in [3.63, 3.8) is 0 Å². The van der Waals surface area contributed by atoms with E-state index in [1.54, 1.807) is 25.1 Å². The van der Waals surface area contributed by atoms with E-state index in [2.05, 4.69) is 5.32 Å². The third-order valence-electron chi connectivity index (χ3n) is 2.17. The third kappa shape index (κ3) is 4.06. The minimum absolute atomic E-state index is 0.114. The van der Waals surface area contributed by atoms with E-state index in [1.165, 1.54) is 6.92 Å². The molecule has 0 saturated heterocycles. The van der Waals surface area contributed by atoms with Crippen LogP contribution in [0.3, 0.4) is 0 Å². The Kier molecular flexibility index (Phi) is 5.13. The van der Waals surface area contributed by atoms with Crippen LogP contribution in [0.1, 0.15) is 19.4 Å². The SMILES string of the molecule is CCOC(=O)Cc1ccc(NC(C)=O)c(NO)c1. The average molecular weight is 252 g/mol. The van der Waals surface area contributed by atoms with Crippen LogP contribution in [0.25, 0.3) is 0 Å². The number of nitrogens with one attached hydrogen (secondary N) is 2. The van der Waals surface area contributed by atoms with E-state index in [0.717, 1.165) is 0 Å².